The van der Waals surface area contributed by atoms with E-state index in [1.54, 1.807) is 0 Å². The van der Waals surface area contributed by atoms with Crippen LogP contribution < -0.4 is 10.5 Å². The Kier molecular flexibility index (Phi) is 4.69. The quantitative estimate of drug-likeness (QED) is 0.905. The van der Waals surface area contributed by atoms with Gasteiger partial charge in [0.2, 0.25) is 0 Å². The minimum atomic E-state index is -0.215. The number of aryl methyl sites for hydroxylation is 2. The van der Waals surface area contributed by atoms with Gasteiger partial charge in [-0.05, 0) is 44.0 Å². The first-order valence-electron chi connectivity index (χ1n) is 6.78. The molecule has 1 atom stereocenters. The number of hydrogen-bond donors (Lipinski definition) is 1. The normalized spacial score (nSPS) is 12.2. The molecule has 2 nitrogen and oxygen atoms in total. The molecule has 0 saturated heterocycles. The summed E-state index contributed by atoms with van der Waals surface area (Å²) in [6, 6.07) is 11.8. The van der Waals surface area contributed by atoms with Gasteiger partial charge in [0.05, 0.1) is 12.6 Å². The number of ether oxygens (including phenoxy) is 1. The molecule has 20 heavy (non-hydrogen) atoms. The predicted octanol–water partition coefficient (Wildman–Crippen LogP) is 4.40. The Balaban J connectivity index is 2.43. The summed E-state index contributed by atoms with van der Waals surface area (Å²) in [6.07, 6.45) is 0. The van der Waals surface area contributed by atoms with Gasteiger partial charge in [0, 0.05) is 10.6 Å². The first-order chi connectivity index (χ1) is 9.52. The fourth-order valence-electron chi connectivity index (χ4n) is 2.24. The first kappa shape index (κ1) is 14.9. The molecule has 2 rings (SSSR count). The summed E-state index contributed by atoms with van der Waals surface area (Å²) >= 11 is 6.07. The van der Waals surface area contributed by atoms with E-state index in [2.05, 4.69) is 13.0 Å². The van der Waals surface area contributed by atoms with Crippen LogP contribution in [0.3, 0.4) is 0 Å². The van der Waals surface area contributed by atoms with E-state index in [0.717, 1.165) is 27.5 Å². The van der Waals surface area contributed by atoms with Crippen LogP contribution in [-0.4, -0.2) is 6.61 Å². The molecule has 106 valence electrons. The van der Waals surface area contributed by atoms with E-state index in [9.17, 15) is 0 Å². The zero-order valence-corrected chi connectivity index (χ0v) is 12.9. The standard InChI is InChI=1S/C17H20ClNO/c1-4-20-16-8-5-11(2)9-14(16)17(19)13-6-7-15(18)12(3)10-13/h5-10,17H,4,19H2,1-3H3. The molecule has 0 aromatic heterocycles. The summed E-state index contributed by atoms with van der Waals surface area (Å²) < 4.78 is 5.68. The number of benzene rings is 2. The minimum absolute atomic E-state index is 0.215. The van der Waals surface area contributed by atoms with Crippen molar-refractivity contribution in [3.8, 4) is 5.75 Å². The molecule has 2 aromatic rings. The van der Waals surface area contributed by atoms with Gasteiger partial charge in [-0.1, -0.05) is 41.4 Å². The van der Waals surface area contributed by atoms with Crippen LogP contribution in [0.15, 0.2) is 36.4 Å². The molecule has 0 spiro atoms. The molecule has 0 amide bonds. The molecule has 2 aromatic carbocycles. The number of rotatable bonds is 4. The molecule has 0 aliphatic carbocycles. The third-order valence-electron chi connectivity index (χ3n) is 3.34. The first-order valence-corrected chi connectivity index (χ1v) is 7.15. The molecule has 0 bridgehead atoms. The molecule has 0 fully saturated rings. The van der Waals surface area contributed by atoms with E-state index in [1.807, 2.05) is 44.2 Å². The van der Waals surface area contributed by atoms with E-state index in [-0.39, 0.29) is 6.04 Å². The van der Waals surface area contributed by atoms with Crippen LogP contribution in [0.2, 0.25) is 5.02 Å². The second-order valence-electron chi connectivity index (χ2n) is 4.96. The summed E-state index contributed by atoms with van der Waals surface area (Å²) in [5.41, 5.74) is 10.7. The van der Waals surface area contributed by atoms with Gasteiger partial charge < -0.3 is 10.5 Å². The Bertz CT molecular complexity index is 610. The molecule has 0 aliphatic heterocycles. The van der Waals surface area contributed by atoms with Crippen LogP contribution >= 0.6 is 11.6 Å². The van der Waals surface area contributed by atoms with E-state index in [0.29, 0.717) is 6.61 Å². The lowest BCUT2D eigenvalue weighted by Crippen LogP contribution is -2.14. The fraction of sp³-hybridized carbons (Fsp3) is 0.294. The summed E-state index contributed by atoms with van der Waals surface area (Å²) in [5.74, 6) is 0.846. The third-order valence-corrected chi connectivity index (χ3v) is 3.77. The average Bonchev–Trinajstić information content (AvgIpc) is 2.43. The van der Waals surface area contributed by atoms with Crippen molar-refractivity contribution in [1.29, 1.82) is 0 Å². The third kappa shape index (κ3) is 3.14. The van der Waals surface area contributed by atoms with Crippen molar-refractivity contribution in [3.63, 3.8) is 0 Å². The van der Waals surface area contributed by atoms with Gasteiger partial charge in [-0.2, -0.15) is 0 Å². The van der Waals surface area contributed by atoms with Crippen LogP contribution in [0.4, 0.5) is 0 Å². The SMILES string of the molecule is CCOc1ccc(C)cc1C(N)c1ccc(Cl)c(C)c1. The largest absolute Gasteiger partial charge is 0.494 e. The van der Waals surface area contributed by atoms with E-state index < -0.39 is 0 Å². The molecular weight excluding hydrogens is 270 g/mol. The molecule has 0 heterocycles. The molecule has 2 N–H and O–H groups in total. The van der Waals surface area contributed by atoms with Crippen LogP contribution in [0, 0.1) is 13.8 Å². The highest BCUT2D eigenvalue weighted by Gasteiger charge is 2.15. The minimum Gasteiger partial charge on any atom is -0.494 e. The topological polar surface area (TPSA) is 35.2 Å². The summed E-state index contributed by atoms with van der Waals surface area (Å²) in [7, 11) is 0. The molecule has 1 unspecified atom stereocenters. The van der Waals surface area contributed by atoms with Crippen molar-refractivity contribution in [3.05, 3.63) is 63.7 Å². The van der Waals surface area contributed by atoms with Crippen molar-refractivity contribution < 1.29 is 4.74 Å². The van der Waals surface area contributed by atoms with Gasteiger partial charge >= 0.3 is 0 Å². The smallest absolute Gasteiger partial charge is 0.124 e. The maximum Gasteiger partial charge on any atom is 0.124 e. The summed E-state index contributed by atoms with van der Waals surface area (Å²) in [5, 5.41) is 0.759. The van der Waals surface area contributed by atoms with Gasteiger partial charge in [0.1, 0.15) is 5.75 Å². The highest BCUT2D eigenvalue weighted by Crippen LogP contribution is 2.31. The second kappa shape index (κ2) is 6.29. The molecule has 0 aliphatic rings. The van der Waals surface area contributed by atoms with Crippen LogP contribution in [0.1, 0.15) is 35.2 Å². The van der Waals surface area contributed by atoms with Crippen molar-refractivity contribution in [2.45, 2.75) is 26.8 Å². The second-order valence-corrected chi connectivity index (χ2v) is 5.37. The lowest BCUT2D eigenvalue weighted by atomic mass is 9.96. The van der Waals surface area contributed by atoms with Crippen molar-refractivity contribution in [2.75, 3.05) is 6.61 Å². The fourth-order valence-corrected chi connectivity index (χ4v) is 2.36. The zero-order chi connectivity index (χ0) is 14.7. The number of halogens is 1. The van der Waals surface area contributed by atoms with Gasteiger partial charge in [-0.15, -0.1) is 0 Å². The summed E-state index contributed by atoms with van der Waals surface area (Å²) in [6.45, 7) is 6.64. The van der Waals surface area contributed by atoms with E-state index in [4.69, 9.17) is 22.1 Å². The van der Waals surface area contributed by atoms with E-state index in [1.165, 1.54) is 5.56 Å². The van der Waals surface area contributed by atoms with Gasteiger partial charge in [0.25, 0.3) is 0 Å². The molecular formula is C17H20ClNO. The van der Waals surface area contributed by atoms with Crippen LogP contribution in [0.5, 0.6) is 5.75 Å². The van der Waals surface area contributed by atoms with Crippen LogP contribution in [0.25, 0.3) is 0 Å². The zero-order valence-electron chi connectivity index (χ0n) is 12.1. The van der Waals surface area contributed by atoms with Gasteiger partial charge in [-0.25, -0.2) is 0 Å². The van der Waals surface area contributed by atoms with E-state index >= 15 is 0 Å². The van der Waals surface area contributed by atoms with Crippen molar-refractivity contribution in [1.82, 2.24) is 0 Å². The van der Waals surface area contributed by atoms with Crippen molar-refractivity contribution >= 4 is 11.6 Å². The average molecular weight is 290 g/mol. The Morgan fingerprint density at radius 1 is 1.15 bits per heavy atom. The highest BCUT2D eigenvalue weighted by atomic mass is 35.5. The van der Waals surface area contributed by atoms with Crippen LogP contribution in [-0.2, 0) is 0 Å². The van der Waals surface area contributed by atoms with Crippen molar-refractivity contribution in [2.24, 2.45) is 5.73 Å². The highest BCUT2D eigenvalue weighted by molar-refractivity contribution is 6.31. The monoisotopic (exact) mass is 289 g/mol. The number of hydrogen-bond acceptors (Lipinski definition) is 2. The Morgan fingerprint density at radius 2 is 1.90 bits per heavy atom. The lowest BCUT2D eigenvalue weighted by Gasteiger charge is -2.18. The molecule has 0 radical (unpaired) electrons. The summed E-state index contributed by atoms with van der Waals surface area (Å²) in [4.78, 5) is 0. The maximum absolute atomic E-state index is 6.41. The number of nitrogens with two attached hydrogens (primary N) is 1. The maximum atomic E-state index is 6.41. The predicted molar refractivity (Wildman–Crippen MR) is 84.6 cm³/mol. The lowest BCUT2D eigenvalue weighted by molar-refractivity contribution is 0.335. The Morgan fingerprint density at radius 3 is 2.55 bits per heavy atom. The molecule has 0 saturated carbocycles. The molecule has 3 heteroatoms. The Labute approximate surface area is 125 Å². The van der Waals surface area contributed by atoms with Gasteiger partial charge in [0.15, 0.2) is 0 Å². The Hall–Kier alpha value is -1.51. The van der Waals surface area contributed by atoms with Gasteiger partial charge in [-0.3, -0.25) is 0 Å².